The molecular formula is C16H14N6O2. The van der Waals surface area contributed by atoms with Gasteiger partial charge in [-0.1, -0.05) is 29.5 Å². The van der Waals surface area contributed by atoms with Crippen LogP contribution in [0.5, 0.6) is 0 Å². The van der Waals surface area contributed by atoms with Crippen molar-refractivity contribution in [2.75, 3.05) is 11.1 Å². The van der Waals surface area contributed by atoms with E-state index in [1.807, 2.05) is 6.07 Å². The van der Waals surface area contributed by atoms with Crippen LogP contribution in [-0.2, 0) is 0 Å². The van der Waals surface area contributed by atoms with Crippen LogP contribution in [0.4, 0.5) is 11.5 Å². The summed E-state index contributed by atoms with van der Waals surface area (Å²) in [4.78, 5) is 23.4. The number of nitrogen functional groups attached to an aromatic ring is 1. The van der Waals surface area contributed by atoms with E-state index in [1.165, 1.54) is 4.68 Å². The van der Waals surface area contributed by atoms with Gasteiger partial charge in [-0.25, -0.2) is 0 Å². The lowest BCUT2D eigenvalue weighted by atomic mass is 10.2. The molecule has 8 nitrogen and oxygen atoms in total. The van der Waals surface area contributed by atoms with Crippen molar-refractivity contribution in [1.29, 1.82) is 0 Å². The highest BCUT2D eigenvalue weighted by Gasteiger charge is 2.16. The van der Waals surface area contributed by atoms with Gasteiger partial charge < -0.3 is 16.8 Å². The van der Waals surface area contributed by atoms with Gasteiger partial charge >= 0.3 is 0 Å². The molecule has 0 aliphatic heterocycles. The highest BCUT2D eigenvalue weighted by Crippen LogP contribution is 2.19. The van der Waals surface area contributed by atoms with Crippen LogP contribution < -0.4 is 16.8 Å². The number of hydrogen-bond acceptors (Lipinski definition) is 5. The van der Waals surface area contributed by atoms with Gasteiger partial charge in [0.1, 0.15) is 0 Å². The van der Waals surface area contributed by atoms with Crippen molar-refractivity contribution in [2.24, 2.45) is 5.73 Å². The predicted octanol–water partition coefficient (Wildman–Crippen LogP) is 1.20. The van der Waals surface area contributed by atoms with Gasteiger partial charge in [-0.2, -0.15) is 4.68 Å². The fourth-order valence-corrected chi connectivity index (χ4v) is 2.16. The predicted molar refractivity (Wildman–Crippen MR) is 88.7 cm³/mol. The van der Waals surface area contributed by atoms with Gasteiger partial charge in [0.05, 0.1) is 5.69 Å². The molecule has 2 amide bonds. The summed E-state index contributed by atoms with van der Waals surface area (Å²) in [6.07, 6.45) is 0. The quantitative estimate of drug-likeness (QED) is 0.664. The van der Waals surface area contributed by atoms with Crippen LogP contribution in [0.15, 0.2) is 54.6 Å². The fraction of sp³-hybridized carbons (Fsp3) is 0. The molecule has 1 heterocycles. The van der Waals surface area contributed by atoms with E-state index in [9.17, 15) is 9.59 Å². The van der Waals surface area contributed by atoms with E-state index >= 15 is 0 Å². The maximum atomic E-state index is 12.2. The molecule has 0 radical (unpaired) electrons. The van der Waals surface area contributed by atoms with Gasteiger partial charge in [0.25, 0.3) is 11.8 Å². The van der Waals surface area contributed by atoms with Crippen LogP contribution >= 0.6 is 0 Å². The number of benzene rings is 2. The van der Waals surface area contributed by atoms with E-state index in [-0.39, 0.29) is 17.4 Å². The van der Waals surface area contributed by atoms with Gasteiger partial charge in [0.15, 0.2) is 11.5 Å². The van der Waals surface area contributed by atoms with E-state index in [4.69, 9.17) is 11.5 Å². The van der Waals surface area contributed by atoms with Crippen LogP contribution in [0.25, 0.3) is 5.69 Å². The minimum atomic E-state index is -0.757. The second-order valence-electron chi connectivity index (χ2n) is 4.97. The first kappa shape index (κ1) is 15.2. The Hall–Kier alpha value is -3.68. The Morgan fingerprint density at radius 1 is 1.04 bits per heavy atom. The highest BCUT2D eigenvalue weighted by atomic mass is 16.2. The van der Waals surface area contributed by atoms with Gasteiger partial charge in [-0.3, -0.25) is 9.59 Å². The Bertz CT molecular complexity index is 904. The number of nitrogens with one attached hydrogen (secondary N) is 1. The minimum Gasteiger partial charge on any atom is -0.382 e. The normalized spacial score (nSPS) is 10.3. The molecule has 0 atom stereocenters. The van der Waals surface area contributed by atoms with Crippen LogP contribution in [-0.4, -0.2) is 26.8 Å². The lowest BCUT2D eigenvalue weighted by Gasteiger charge is -2.08. The molecule has 0 spiro atoms. The largest absolute Gasteiger partial charge is 0.382 e. The standard InChI is InChI=1S/C16H14N6O2/c17-14-13(15(18)23)20-21-22(14)12-8-4-7-11(9-12)19-16(24)10-5-2-1-3-6-10/h1-9H,17H2,(H2,18,23)(H,19,24). The second-order valence-corrected chi connectivity index (χ2v) is 4.97. The molecule has 0 aliphatic rings. The van der Waals surface area contributed by atoms with Crippen LogP contribution in [0, 0.1) is 0 Å². The first-order valence-electron chi connectivity index (χ1n) is 7.04. The average Bonchev–Trinajstić information content (AvgIpc) is 2.97. The molecule has 0 saturated heterocycles. The van der Waals surface area contributed by atoms with E-state index < -0.39 is 5.91 Å². The zero-order valence-corrected chi connectivity index (χ0v) is 12.5. The van der Waals surface area contributed by atoms with Gasteiger partial charge in [-0.15, -0.1) is 5.10 Å². The molecule has 2 aromatic carbocycles. The number of amides is 2. The smallest absolute Gasteiger partial charge is 0.273 e. The number of nitrogens with zero attached hydrogens (tertiary/aromatic N) is 3. The van der Waals surface area contributed by atoms with Crippen molar-refractivity contribution >= 4 is 23.3 Å². The Morgan fingerprint density at radius 2 is 1.79 bits per heavy atom. The molecule has 3 aromatic rings. The van der Waals surface area contributed by atoms with Gasteiger partial charge in [0.2, 0.25) is 0 Å². The third-order valence-corrected chi connectivity index (χ3v) is 3.32. The molecule has 5 N–H and O–H groups in total. The summed E-state index contributed by atoms with van der Waals surface area (Å²) in [5.41, 5.74) is 12.5. The first-order chi connectivity index (χ1) is 11.6. The van der Waals surface area contributed by atoms with Crippen molar-refractivity contribution in [3.63, 3.8) is 0 Å². The average molecular weight is 322 g/mol. The fourth-order valence-electron chi connectivity index (χ4n) is 2.16. The Morgan fingerprint density at radius 3 is 2.46 bits per heavy atom. The topological polar surface area (TPSA) is 129 Å². The van der Waals surface area contributed by atoms with Crippen molar-refractivity contribution in [2.45, 2.75) is 0 Å². The molecule has 0 fully saturated rings. The summed E-state index contributed by atoms with van der Waals surface area (Å²) in [5, 5.41) is 10.3. The molecule has 0 aliphatic carbocycles. The van der Waals surface area contributed by atoms with Crippen LogP contribution in [0.1, 0.15) is 20.8 Å². The Balaban J connectivity index is 1.87. The van der Waals surface area contributed by atoms with Gasteiger partial charge in [-0.05, 0) is 30.3 Å². The number of primary amides is 1. The monoisotopic (exact) mass is 322 g/mol. The molecule has 120 valence electrons. The molecule has 3 rings (SSSR count). The van der Waals surface area contributed by atoms with Crippen molar-refractivity contribution in [3.8, 4) is 5.69 Å². The van der Waals surface area contributed by atoms with Crippen molar-refractivity contribution < 1.29 is 9.59 Å². The first-order valence-corrected chi connectivity index (χ1v) is 7.04. The molecular weight excluding hydrogens is 308 g/mol. The molecule has 24 heavy (non-hydrogen) atoms. The van der Waals surface area contributed by atoms with E-state index in [2.05, 4.69) is 15.6 Å². The maximum absolute atomic E-state index is 12.2. The third-order valence-electron chi connectivity index (χ3n) is 3.32. The number of hydrogen-bond donors (Lipinski definition) is 3. The number of aromatic nitrogens is 3. The number of carbonyl (C=O) groups is 2. The summed E-state index contributed by atoms with van der Waals surface area (Å²) in [7, 11) is 0. The summed E-state index contributed by atoms with van der Waals surface area (Å²) in [6, 6.07) is 15.7. The van der Waals surface area contributed by atoms with Crippen LogP contribution in [0.2, 0.25) is 0 Å². The van der Waals surface area contributed by atoms with E-state index in [1.54, 1.807) is 48.5 Å². The Labute approximate surface area is 137 Å². The Kier molecular flexibility index (Phi) is 3.94. The molecule has 0 bridgehead atoms. The van der Waals surface area contributed by atoms with E-state index in [0.29, 0.717) is 16.9 Å². The maximum Gasteiger partial charge on any atom is 0.273 e. The second kappa shape index (κ2) is 6.21. The number of nitrogens with two attached hydrogens (primary N) is 2. The lowest BCUT2D eigenvalue weighted by Crippen LogP contribution is -2.14. The van der Waals surface area contributed by atoms with E-state index in [0.717, 1.165) is 0 Å². The SMILES string of the molecule is NC(=O)c1nnn(-c2cccc(NC(=O)c3ccccc3)c2)c1N. The lowest BCUT2D eigenvalue weighted by molar-refractivity contribution is 0.0994. The number of anilines is 2. The molecule has 0 unspecified atom stereocenters. The summed E-state index contributed by atoms with van der Waals surface area (Å²) in [6.45, 7) is 0. The summed E-state index contributed by atoms with van der Waals surface area (Å²) in [5.74, 6) is -0.960. The van der Waals surface area contributed by atoms with Crippen molar-refractivity contribution in [3.05, 3.63) is 65.9 Å². The highest BCUT2D eigenvalue weighted by molar-refractivity contribution is 6.04. The zero-order chi connectivity index (χ0) is 17.1. The molecule has 0 saturated carbocycles. The molecule has 8 heteroatoms. The summed E-state index contributed by atoms with van der Waals surface area (Å²) >= 11 is 0. The van der Waals surface area contributed by atoms with Crippen LogP contribution in [0.3, 0.4) is 0 Å². The summed E-state index contributed by atoms with van der Waals surface area (Å²) < 4.78 is 1.28. The van der Waals surface area contributed by atoms with Crippen molar-refractivity contribution in [1.82, 2.24) is 15.0 Å². The van der Waals surface area contributed by atoms with Gasteiger partial charge in [0, 0.05) is 11.3 Å². The third kappa shape index (κ3) is 2.93. The minimum absolute atomic E-state index is 0.0361. The molecule has 1 aromatic heterocycles. The number of rotatable bonds is 4. The zero-order valence-electron chi connectivity index (χ0n) is 12.5. The number of carbonyl (C=O) groups excluding carboxylic acids is 2.